The maximum atomic E-state index is 4.53. The lowest BCUT2D eigenvalue weighted by molar-refractivity contribution is 0.139. The molecule has 2 rings (SSSR count). The summed E-state index contributed by atoms with van der Waals surface area (Å²) in [6, 6.07) is 0.650. The van der Waals surface area contributed by atoms with Gasteiger partial charge in [-0.15, -0.1) is 0 Å². The summed E-state index contributed by atoms with van der Waals surface area (Å²) in [6.45, 7) is 9.34. The fourth-order valence-corrected chi connectivity index (χ4v) is 2.57. The molecule has 93 valence electrons. The molecule has 4 nitrogen and oxygen atoms in total. The first-order valence-electron chi connectivity index (χ1n) is 6.50. The van der Waals surface area contributed by atoms with Crippen LogP contribution in [-0.4, -0.2) is 87.2 Å². The number of rotatable bonds is 2. The van der Waals surface area contributed by atoms with Crippen molar-refractivity contribution >= 4 is 0 Å². The van der Waals surface area contributed by atoms with Crippen molar-refractivity contribution in [3.05, 3.63) is 0 Å². The van der Waals surface area contributed by atoms with Crippen molar-refractivity contribution < 1.29 is 0 Å². The van der Waals surface area contributed by atoms with E-state index in [0.717, 1.165) is 19.6 Å². The number of hydrogen-bond donors (Lipinski definition) is 0. The van der Waals surface area contributed by atoms with Crippen LogP contribution in [-0.2, 0) is 0 Å². The largest absolute Gasteiger partial charge is 0.305 e. The van der Waals surface area contributed by atoms with E-state index in [-0.39, 0.29) is 0 Å². The van der Waals surface area contributed by atoms with Crippen LogP contribution in [0.5, 0.6) is 0 Å². The first kappa shape index (κ1) is 12.3. The Labute approximate surface area is 99.6 Å². The van der Waals surface area contributed by atoms with Crippen LogP contribution >= 0.6 is 0 Å². The van der Waals surface area contributed by atoms with E-state index in [9.17, 15) is 0 Å². The highest BCUT2D eigenvalue weighted by atomic mass is 15.3. The van der Waals surface area contributed by atoms with Gasteiger partial charge < -0.3 is 9.80 Å². The van der Waals surface area contributed by atoms with Crippen LogP contribution in [0.4, 0.5) is 0 Å². The zero-order valence-corrected chi connectivity index (χ0v) is 10.7. The molecule has 0 spiro atoms. The summed E-state index contributed by atoms with van der Waals surface area (Å²) in [7, 11) is 4.47. The molecule has 0 saturated carbocycles. The molecule has 1 radical (unpaired) electrons. The number of nitrogens with zero attached hydrogens (tertiary/aromatic N) is 4. The summed E-state index contributed by atoms with van der Waals surface area (Å²) in [6.07, 6.45) is 1.31. The molecular weight excluding hydrogens is 200 g/mol. The third-order valence-corrected chi connectivity index (χ3v) is 3.86. The standard InChI is InChI=1S/C12H25N4/c1-14-5-3-6-16(9-8-14)11-12-10-13-4-7-15(12)2/h12H,3-11H2,1-2H3. The van der Waals surface area contributed by atoms with E-state index in [2.05, 4.69) is 34.1 Å². The smallest absolute Gasteiger partial charge is 0.0362 e. The highest BCUT2D eigenvalue weighted by Gasteiger charge is 2.22. The fourth-order valence-electron chi connectivity index (χ4n) is 2.57. The summed E-state index contributed by atoms with van der Waals surface area (Å²) >= 11 is 0. The molecule has 0 amide bonds. The van der Waals surface area contributed by atoms with Crippen molar-refractivity contribution in [1.29, 1.82) is 0 Å². The monoisotopic (exact) mass is 225 g/mol. The second kappa shape index (κ2) is 5.96. The van der Waals surface area contributed by atoms with Gasteiger partial charge in [0, 0.05) is 45.3 Å². The Hall–Kier alpha value is -0.160. The molecule has 0 aromatic rings. The topological polar surface area (TPSA) is 23.8 Å². The molecule has 16 heavy (non-hydrogen) atoms. The van der Waals surface area contributed by atoms with Crippen LogP contribution in [0, 0.1) is 0 Å². The van der Waals surface area contributed by atoms with Gasteiger partial charge in [-0.1, -0.05) is 0 Å². The molecule has 0 aromatic heterocycles. The SMILES string of the molecule is CN1CCCN(CC2C[N]CCN2C)CC1. The van der Waals surface area contributed by atoms with E-state index in [1.807, 2.05) is 0 Å². The second-order valence-electron chi connectivity index (χ2n) is 5.22. The Morgan fingerprint density at radius 3 is 2.75 bits per heavy atom. The van der Waals surface area contributed by atoms with Gasteiger partial charge in [0.1, 0.15) is 0 Å². The van der Waals surface area contributed by atoms with Gasteiger partial charge in [0.15, 0.2) is 0 Å². The Balaban J connectivity index is 1.79. The predicted molar refractivity (Wildman–Crippen MR) is 66.8 cm³/mol. The van der Waals surface area contributed by atoms with E-state index in [0.29, 0.717) is 6.04 Å². The minimum absolute atomic E-state index is 0.650. The first-order valence-corrected chi connectivity index (χ1v) is 6.50. The van der Waals surface area contributed by atoms with Gasteiger partial charge in [-0.05, 0) is 33.6 Å². The average Bonchev–Trinajstić information content (AvgIpc) is 2.47. The van der Waals surface area contributed by atoms with Gasteiger partial charge in [-0.3, -0.25) is 4.90 Å². The molecule has 2 aliphatic heterocycles. The maximum absolute atomic E-state index is 4.53. The Morgan fingerprint density at radius 1 is 1.06 bits per heavy atom. The lowest BCUT2D eigenvalue weighted by atomic mass is 10.2. The lowest BCUT2D eigenvalue weighted by Gasteiger charge is -2.35. The molecule has 1 unspecified atom stereocenters. The Bertz CT molecular complexity index is 209. The van der Waals surface area contributed by atoms with Crippen LogP contribution in [0.25, 0.3) is 0 Å². The number of likely N-dealkylation sites (N-methyl/N-ethyl adjacent to an activating group) is 2. The van der Waals surface area contributed by atoms with Crippen molar-refractivity contribution in [1.82, 2.24) is 20.0 Å². The lowest BCUT2D eigenvalue weighted by Crippen LogP contribution is -2.52. The van der Waals surface area contributed by atoms with Crippen LogP contribution in [0.2, 0.25) is 0 Å². The van der Waals surface area contributed by atoms with Crippen molar-refractivity contribution in [2.24, 2.45) is 0 Å². The Morgan fingerprint density at radius 2 is 1.94 bits per heavy atom. The molecule has 1 atom stereocenters. The quantitative estimate of drug-likeness (QED) is 0.636. The van der Waals surface area contributed by atoms with Crippen LogP contribution < -0.4 is 5.32 Å². The van der Waals surface area contributed by atoms with Crippen molar-refractivity contribution in [2.75, 3.05) is 66.5 Å². The summed E-state index contributed by atoms with van der Waals surface area (Å²) in [5.74, 6) is 0. The minimum Gasteiger partial charge on any atom is -0.305 e. The summed E-state index contributed by atoms with van der Waals surface area (Å²) < 4.78 is 0. The van der Waals surface area contributed by atoms with E-state index >= 15 is 0 Å². The molecule has 0 aromatic carbocycles. The molecule has 0 aliphatic carbocycles. The van der Waals surface area contributed by atoms with Crippen molar-refractivity contribution in [3.8, 4) is 0 Å². The molecule has 4 heteroatoms. The van der Waals surface area contributed by atoms with E-state index < -0.39 is 0 Å². The third-order valence-electron chi connectivity index (χ3n) is 3.86. The highest BCUT2D eigenvalue weighted by molar-refractivity contribution is 4.81. The first-order chi connectivity index (χ1) is 7.75. The minimum atomic E-state index is 0.650. The van der Waals surface area contributed by atoms with Crippen molar-refractivity contribution in [3.63, 3.8) is 0 Å². The average molecular weight is 225 g/mol. The summed E-state index contributed by atoms with van der Waals surface area (Å²) in [5.41, 5.74) is 0. The number of piperazine rings is 1. The number of hydrogen-bond acceptors (Lipinski definition) is 3. The maximum Gasteiger partial charge on any atom is 0.0362 e. The summed E-state index contributed by atoms with van der Waals surface area (Å²) in [4.78, 5) is 7.53. The van der Waals surface area contributed by atoms with E-state index in [4.69, 9.17) is 0 Å². The molecule has 0 N–H and O–H groups in total. The van der Waals surface area contributed by atoms with Gasteiger partial charge in [0.25, 0.3) is 0 Å². The zero-order valence-electron chi connectivity index (χ0n) is 10.7. The normalized spacial score (nSPS) is 31.5. The zero-order chi connectivity index (χ0) is 11.4. The van der Waals surface area contributed by atoms with E-state index in [1.54, 1.807) is 0 Å². The van der Waals surface area contributed by atoms with Gasteiger partial charge in [-0.25, -0.2) is 5.32 Å². The predicted octanol–water partition coefficient (Wildman–Crippen LogP) is -0.458. The summed E-state index contributed by atoms with van der Waals surface area (Å²) in [5, 5.41) is 4.53. The second-order valence-corrected chi connectivity index (χ2v) is 5.22. The molecule has 2 fully saturated rings. The van der Waals surface area contributed by atoms with Crippen LogP contribution in [0.1, 0.15) is 6.42 Å². The fraction of sp³-hybridized carbons (Fsp3) is 1.00. The van der Waals surface area contributed by atoms with Crippen LogP contribution in [0.15, 0.2) is 0 Å². The molecule has 2 aliphatic rings. The van der Waals surface area contributed by atoms with Gasteiger partial charge in [0.05, 0.1) is 0 Å². The van der Waals surface area contributed by atoms with Gasteiger partial charge >= 0.3 is 0 Å². The molecule has 2 saturated heterocycles. The van der Waals surface area contributed by atoms with Crippen molar-refractivity contribution in [2.45, 2.75) is 12.5 Å². The Kier molecular flexibility index (Phi) is 4.58. The third kappa shape index (κ3) is 3.42. The van der Waals surface area contributed by atoms with E-state index in [1.165, 1.54) is 39.1 Å². The molecule has 0 bridgehead atoms. The van der Waals surface area contributed by atoms with Gasteiger partial charge in [-0.2, -0.15) is 0 Å². The molecular formula is C12H25N4. The van der Waals surface area contributed by atoms with Gasteiger partial charge in [0.2, 0.25) is 0 Å². The van der Waals surface area contributed by atoms with Crippen LogP contribution in [0.3, 0.4) is 0 Å². The molecule has 2 heterocycles. The highest BCUT2D eigenvalue weighted by Crippen LogP contribution is 2.07.